The predicted octanol–water partition coefficient (Wildman–Crippen LogP) is 4.96. The lowest BCUT2D eigenvalue weighted by molar-refractivity contribution is 0.457. The molecule has 0 fully saturated rings. The Hall–Kier alpha value is -1.36. The van der Waals surface area contributed by atoms with Crippen molar-refractivity contribution < 1.29 is 0 Å². The summed E-state index contributed by atoms with van der Waals surface area (Å²) < 4.78 is 2.15. The molecule has 1 aromatic carbocycles. The van der Waals surface area contributed by atoms with Crippen molar-refractivity contribution in [3.63, 3.8) is 0 Å². The number of nitrogens with zero attached hydrogens (tertiary/aromatic N) is 2. The van der Waals surface area contributed by atoms with Gasteiger partial charge in [0.25, 0.3) is 0 Å². The van der Waals surface area contributed by atoms with Crippen molar-refractivity contribution in [1.82, 2.24) is 14.9 Å². The zero-order chi connectivity index (χ0) is 16.4. The number of hydrogen-bond acceptors (Lipinski definition) is 3. The number of halogens is 1. The van der Waals surface area contributed by atoms with Gasteiger partial charge in [-0.3, -0.25) is 0 Å². The molecule has 0 spiro atoms. The minimum absolute atomic E-state index is 0.297. The van der Waals surface area contributed by atoms with Gasteiger partial charge in [-0.2, -0.15) is 0 Å². The fourth-order valence-electron chi connectivity index (χ4n) is 3.05. The number of aryl methyl sites for hydroxylation is 2. The van der Waals surface area contributed by atoms with Crippen LogP contribution in [-0.2, 0) is 13.5 Å². The molecule has 0 aliphatic heterocycles. The topological polar surface area (TPSA) is 29.9 Å². The highest BCUT2D eigenvalue weighted by Crippen LogP contribution is 2.28. The number of nitrogens with one attached hydrogen (secondary N) is 1. The minimum Gasteiger partial charge on any atom is -0.350 e. The third-order valence-electron chi connectivity index (χ3n) is 4.26. The van der Waals surface area contributed by atoms with Crippen molar-refractivity contribution >= 4 is 33.8 Å². The summed E-state index contributed by atoms with van der Waals surface area (Å²) in [4.78, 5) is 4.35. The molecule has 2 heterocycles. The van der Waals surface area contributed by atoms with Crippen LogP contribution in [0.3, 0.4) is 0 Å². The van der Waals surface area contributed by atoms with Gasteiger partial charge in [0, 0.05) is 59.3 Å². The van der Waals surface area contributed by atoms with Crippen molar-refractivity contribution in [1.29, 1.82) is 0 Å². The molecule has 2 atom stereocenters. The van der Waals surface area contributed by atoms with Gasteiger partial charge >= 0.3 is 0 Å². The molecule has 3 rings (SSSR count). The number of rotatable bonds is 6. The van der Waals surface area contributed by atoms with E-state index >= 15 is 0 Å². The molecule has 3 nitrogen and oxygen atoms in total. The summed E-state index contributed by atoms with van der Waals surface area (Å²) in [5, 5.41) is 9.01. The molecule has 1 N–H and O–H groups in total. The molecule has 3 aromatic rings. The van der Waals surface area contributed by atoms with E-state index in [2.05, 4.69) is 48.0 Å². The van der Waals surface area contributed by atoms with Gasteiger partial charge in [-0.05, 0) is 38.0 Å². The molecule has 0 aliphatic rings. The van der Waals surface area contributed by atoms with E-state index in [4.69, 9.17) is 11.6 Å². The highest BCUT2D eigenvalue weighted by molar-refractivity contribution is 7.09. The van der Waals surface area contributed by atoms with Gasteiger partial charge in [0.1, 0.15) is 0 Å². The van der Waals surface area contributed by atoms with Gasteiger partial charge in [-0.25, -0.2) is 4.98 Å². The Labute approximate surface area is 146 Å². The highest BCUT2D eigenvalue weighted by Gasteiger charge is 2.15. The normalized spacial score (nSPS) is 14.3. The monoisotopic (exact) mass is 347 g/mol. The third kappa shape index (κ3) is 3.77. The third-order valence-corrected chi connectivity index (χ3v) is 5.33. The second-order valence-electron chi connectivity index (χ2n) is 6.11. The number of thiazole rings is 1. The van der Waals surface area contributed by atoms with Crippen LogP contribution in [0.5, 0.6) is 0 Å². The molecule has 5 heteroatoms. The van der Waals surface area contributed by atoms with E-state index in [9.17, 15) is 0 Å². The Kier molecular flexibility index (Phi) is 5.05. The number of aromatic nitrogens is 2. The average Bonchev–Trinajstić information content (AvgIpc) is 3.14. The van der Waals surface area contributed by atoms with E-state index in [-0.39, 0.29) is 0 Å². The number of benzene rings is 1. The molecule has 0 saturated carbocycles. The maximum absolute atomic E-state index is 6.12. The first-order valence-electron chi connectivity index (χ1n) is 7.93. The Morgan fingerprint density at radius 3 is 2.91 bits per heavy atom. The summed E-state index contributed by atoms with van der Waals surface area (Å²) in [6.07, 6.45) is 6.20. The Balaban J connectivity index is 1.69. The van der Waals surface area contributed by atoms with Crippen molar-refractivity contribution in [2.24, 2.45) is 7.05 Å². The van der Waals surface area contributed by atoms with Gasteiger partial charge < -0.3 is 9.88 Å². The lowest BCUT2D eigenvalue weighted by Crippen LogP contribution is -2.29. The Morgan fingerprint density at radius 1 is 1.35 bits per heavy atom. The fraction of sp³-hybridized carbons (Fsp3) is 0.389. The number of fused-ring (bicyclic) bond motifs is 1. The van der Waals surface area contributed by atoms with E-state index in [1.54, 1.807) is 11.3 Å². The van der Waals surface area contributed by atoms with Crippen LogP contribution in [0, 0.1) is 0 Å². The second kappa shape index (κ2) is 7.04. The molecule has 2 unspecified atom stereocenters. The smallest absolute Gasteiger partial charge is 0.0925 e. The van der Waals surface area contributed by atoms with Crippen LogP contribution in [0.1, 0.15) is 36.9 Å². The van der Waals surface area contributed by atoms with Gasteiger partial charge in [0.2, 0.25) is 0 Å². The van der Waals surface area contributed by atoms with E-state index in [0.29, 0.717) is 12.1 Å². The molecule has 0 radical (unpaired) electrons. The van der Waals surface area contributed by atoms with Crippen LogP contribution in [0.15, 0.2) is 36.0 Å². The fourth-order valence-corrected chi connectivity index (χ4v) is 3.85. The molecule has 122 valence electrons. The van der Waals surface area contributed by atoms with Crippen molar-refractivity contribution in [3.8, 4) is 0 Å². The summed E-state index contributed by atoms with van der Waals surface area (Å²) in [5.74, 6) is 0. The average molecular weight is 348 g/mol. The van der Waals surface area contributed by atoms with Gasteiger partial charge in [-0.1, -0.05) is 17.7 Å². The SMILES string of the molecule is CC(CCc1nccs1)NC(C)c1cn(C)c2cc(Cl)ccc12. The van der Waals surface area contributed by atoms with Crippen LogP contribution in [0.2, 0.25) is 5.02 Å². The quantitative estimate of drug-likeness (QED) is 0.683. The summed E-state index contributed by atoms with van der Waals surface area (Å²) in [7, 11) is 2.07. The maximum atomic E-state index is 6.12. The highest BCUT2D eigenvalue weighted by atomic mass is 35.5. The van der Waals surface area contributed by atoms with Crippen molar-refractivity contribution in [2.75, 3.05) is 0 Å². The lowest BCUT2D eigenvalue weighted by Gasteiger charge is -2.19. The molecular weight excluding hydrogens is 326 g/mol. The second-order valence-corrected chi connectivity index (χ2v) is 7.53. The first-order chi connectivity index (χ1) is 11.0. The van der Waals surface area contributed by atoms with Gasteiger partial charge in [0.05, 0.1) is 5.01 Å². The summed E-state index contributed by atoms with van der Waals surface area (Å²) in [5.41, 5.74) is 2.50. The van der Waals surface area contributed by atoms with Crippen LogP contribution < -0.4 is 5.32 Å². The van der Waals surface area contributed by atoms with Crippen molar-refractivity contribution in [2.45, 2.75) is 38.8 Å². The van der Waals surface area contributed by atoms with Crippen LogP contribution in [0.25, 0.3) is 10.9 Å². The van der Waals surface area contributed by atoms with E-state index in [1.165, 1.54) is 21.5 Å². The molecule has 23 heavy (non-hydrogen) atoms. The summed E-state index contributed by atoms with van der Waals surface area (Å²) >= 11 is 7.85. The van der Waals surface area contributed by atoms with E-state index in [0.717, 1.165) is 17.9 Å². The van der Waals surface area contributed by atoms with E-state index < -0.39 is 0 Å². The van der Waals surface area contributed by atoms with Crippen LogP contribution in [0.4, 0.5) is 0 Å². The maximum Gasteiger partial charge on any atom is 0.0925 e. The Morgan fingerprint density at radius 2 is 2.17 bits per heavy atom. The molecule has 2 aromatic heterocycles. The first kappa shape index (κ1) is 16.5. The first-order valence-corrected chi connectivity index (χ1v) is 9.19. The van der Waals surface area contributed by atoms with Crippen LogP contribution in [-0.4, -0.2) is 15.6 Å². The summed E-state index contributed by atoms with van der Waals surface area (Å²) in [6, 6.07) is 6.85. The van der Waals surface area contributed by atoms with Gasteiger partial charge in [-0.15, -0.1) is 11.3 Å². The van der Waals surface area contributed by atoms with Crippen LogP contribution >= 0.6 is 22.9 Å². The molecule has 0 aliphatic carbocycles. The zero-order valence-corrected chi connectivity index (χ0v) is 15.3. The minimum atomic E-state index is 0.297. The van der Waals surface area contributed by atoms with E-state index in [1.807, 2.05) is 23.7 Å². The molecule has 0 amide bonds. The standard InChI is InChI=1S/C18H22ClN3S/c1-12(4-7-18-20-8-9-23-18)21-13(2)16-11-22(3)17-10-14(19)5-6-15(16)17/h5-6,8-13,21H,4,7H2,1-3H3. The Bertz CT molecular complexity index is 779. The lowest BCUT2D eigenvalue weighted by atomic mass is 10.1. The zero-order valence-electron chi connectivity index (χ0n) is 13.7. The number of hydrogen-bond donors (Lipinski definition) is 1. The molecule has 0 saturated heterocycles. The van der Waals surface area contributed by atoms with Crippen molar-refractivity contribution in [3.05, 3.63) is 51.6 Å². The predicted molar refractivity (Wildman–Crippen MR) is 99.4 cm³/mol. The molecule has 0 bridgehead atoms. The van der Waals surface area contributed by atoms with Gasteiger partial charge in [0.15, 0.2) is 0 Å². The largest absolute Gasteiger partial charge is 0.350 e. The summed E-state index contributed by atoms with van der Waals surface area (Å²) in [6.45, 7) is 4.47. The molecular formula is C18H22ClN3S.